The van der Waals surface area contributed by atoms with Crippen LogP contribution in [0.2, 0.25) is 0 Å². The molecule has 1 aliphatic rings. The van der Waals surface area contributed by atoms with Crippen molar-refractivity contribution >= 4 is 11.3 Å². The Hall–Kier alpha value is -0.380. The van der Waals surface area contributed by atoms with Crippen molar-refractivity contribution in [2.75, 3.05) is 19.8 Å². The normalized spacial score (nSPS) is 21.6. The van der Waals surface area contributed by atoms with E-state index in [1.807, 2.05) is 11.3 Å². The summed E-state index contributed by atoms with van der Waals surface area (Å²) >= 11 is 1.81. The number of hydrogen-bond donors (Lipinski definition) is 1. The third-order valence-electron chi connectivity index (χ3n) is 2.55. The molecule has 0 saturated carbocycles. The Morgan fingerprint density at radius 3 is 3.29 bits per heavy atom. The van der Waals surface area contributed by atoms with E-state index in [-0.39, 0.29) is 0 Å². The minimum absolute atomic E-state index is 0.610. The number of nitrogens with one attached hydrogen (secondary N) is 1. The molecule has 2 heterocycles. The van der Waals surface area contributed by atoms with Crippen LogP contribution in [0.3, 0.4) is 0 Å². The van der Waals surface area contributed by atoms with Gasteiger partial charge >= 0.3 is 0 Å². The number of ether oxygens (including phenoxy) is 1. The maximum Gasteiger partial charge on any atom is 0.0619 e. The van der Waals surface area contributed by atoms with Gasteiger partial charge in [0.25, 0.3) is 0 Å². The summed E-state index contributed by atoms with van der Waals surface area (Å²) in [5, 5.41) is 5.55. The zero-order valence-corrected chi connectivity index (χ0v) is 9.19. The van der Waals surface area contributed by atoms with Crippen LogP contribution in [0.1, 0.15) is 17.7 Å². The molecule has 0 bridgehead atoms. The first-order valence-electron chi connectivity index (χ1n) is 5.28. The van der Waals surface area contributed by atoms with Crippen LogP contribution >= 0.6 is 11.3 Å². The van der Waals surface area contributed by atoms with Crippen molar-refractivity contribution in [2.24, 2.45) is 0 Å². The molecule has 1 aromatic rings. The zero-order valence-electron chi connectivity index (χ0n) is 8.37. The monoisotopic (exact) mass is 211 g/mol. The standard InChI is InChI=1S/C11H17NOS/c1-3-10(12-6-1)9-13-7-5-11-4-2-8-14-11/h2,4,8,10,12H,1,3,5-7,9H2/t10-/m0/s1. The van der Waals surface area contributed by atoms with E-state index >= 15 is 0 Å². The molecule has 2 rings (SSSR count). The third kappa shape index (κ3) is 3.08. The lowest BCUT2D eigenvalue weighted by atomic mass is 10.2. The van der Waals surface area contributed by atoms with Crippen LogP contribution in [0.25, 0.3) is 0 Å². The van der Waals surface area contributed by atoms with Gasteiger partial charge in [0.05, 0.1) is 13.2 Å². The van der Waals surface area contributed by atoms with Crippen molar-refractivity contribution in [1.29, 1.82) is 0 Å². The molecule has 3 heteroatoms. The van der Waals surface area contributed by atoms with Crippen molar-refractivity contribution in [3.05, 3.63) is 22.4 Å². The molecule has 0 spiro atoms. The predicted molar refractivity (Wildman–Crippen MR) is 59.9 cm³/mol. The van der Waals surface area contributed by atoms with E-state index in [1.165, 1.54) is 24.3 Å². The van der Waals surface area contributed by atoms with Gasteiger partial charge in [-0.05, 0) is 30.8 Å². The van der Waals surface area contributed by atoms with Crippen LogP contribution < -0.4 is 5.32 Å². The summed E-state index contributed by atoms with van der Waals surface area (Å²) in [6, 6.07) is 4.87. The largest absolute Gasteiger partial charge is 0.379 e. The fourth-order valence-corrected chi connectivity index (χ4v) is 2.44. The fourth-order valence-electron chi connectivity index (χ4n) is 1.75. The molecule has 1 atom stereocenters. The Morgan fingerprint density at radius 1 is 1.57 bits per heavy atom. The second-order valence-corrected chi connectivity index (χ2v) is 4.73. The number of hydrogen-bond acceptors (Lipinski definition) is 3. The Kier molecular flexibility index (Phi) is 3.98. The van der Waals surface area contributed by atoms with E-state index in [9.17, 15) is 0 Å². The van der Waals surface area contributed by atoms with Crippen molar-refractivity contribution in [3.63, 3.8) is 0 Å². The minimum atomic E-state index is 0.610. The fraction of sp³-hybridized carbons (Fsp3) is 0.636. The molecule has 2 nitrogen and oxygen atoms in total. The molecule has 0 radical (unpaired) electrons. The smallest absolute Gasteiger partial charge is 0.0619 e. The Morgan fingerprint density at radius 2 is 2.57 bits per heavy atom. The van der Waals surface area contributed by atoms with Crippen LogP contribution in [0, 0.1) is 0 Å². The van der Waals surface area contributed by atoms with Gasteiger partial charge in [-0.25, -0.2) is 0 Å². The van der Waals surface area contributed by atoms with E-state index in [2.05, 4.69) is 22.8 Å². The SMILES string of the molecule is c1csc(CCOC[C@@H]2CCCN2)c1. The highest BCUT2D eigenvalue weighted by Crippen LogP contribution is 2.09. The predicted octanol–water partition coefficient (Wildman–Crippen LogP) is 2.06. The van der Waals surface area contributed by atoms with Crippen LogP contribution in [0.5, 0.6) is 0 Å². The first-order chi connectivity index (χ1) is 6.95. The zero-order chi connectivity index (χ0) is 9.64. The van der Waals surface area contributed by atoms with Gasteiger partial charge in [0.2, 0.25) is 0 Å². The van der Waals surface area contributed by atoms with Crippen molar-refractivity contribution in [3.8, 4) is 0 Å². The van der Waals surface area contributed by atoms with Gasteiger partial charge in [-0.2, -0.15) is 0 Å². The first-order valence-corrected chi connectivity index (χ1v) is 6.16. The van der Waals surface area contributed by atoms with Gasteiger partial charge in [-0.3, -0.25) is 0 Å². The van der Waals surface area contributed by atoms with Gasteiger partial charge in [0.1, 0.15) is 0 Å². The minimum Gasteiger partial charge on any atom is -0.379 e. The lowest BCUT2D eigenvalue weighted by molar-refractivity contribution is 0.119. The summed E-state index contributed by atoms with van der Waals surface area (Å²) in [5.41, 5.74) is 0. The lowest BCUT2D eigenvalue weighted by Crippen LogP contribution is -2.27. The van der Waals surface area contributed by atoms with Gasteiger partial charge in [0.15, 0.2) is 0 Å². The van der Waals surface area contributed by atoms with Crippen LogP contribution in [0.15, 0.2) is 17.5 Å². The topological polar surface area (TPSA) is 21.3 Å². The van der Waals surface area contributed by atoms with E-state index in [0.29, 0.717) is 6.04 Å². The molecule has 14 heavy (non-hydrogen) atoms. The van der Waals surface area contributed by atoms with E-state index in [0.717, 1.165) is 19.6 Å². The van der Waals surface area contributed by atoms with Crippen molar-refractivity contribution in [1.82, 2.24) is 5.32 Å². The van der Waals surface area contributed by atoms with Gasteiger partial charge in [-0.1, -0.05) is 6.07 Å². The van der Waals surface area contributed by atoms with Gasteiger partial charge < -0.3 is 10.1 Å². The summed E-state index contributed by atoms with van der Waals surface area (Å²) in [6.07, 6.45) is 3.64. The lowest BCUT2D eigenvalue weighted by Gasteiger charge is -2.09. The third-order valence-corrected chi connectivity index (χ3v) is 3.49. The molecule has 1 aromatic heterocycles. The maximum absolute atomic E-state index is 5.64. The van der Waals surface area contributed by atoms with Crippen molar-refractivity contribution < 1.29 is 4.74 Å². The molecule has 78 valence electrons. The van der Waals surface area contributed by atoms with Gasteiger partial charge in [0, 0.05) is 17.3 Å². The molecule has 1 fully saturated rings. The highest BCUT2D eigenvalue weighted by molar-refractivity contribution is 7.09. The highest BCUT2D eigenvalue weighted by Gasteiger charge is 2.13. The van der Waals surface area contributed by atoms with Crippen LogP contribution in [-0.2, 0) is 11.2 Å². The van der Waals surface area contributed by atoms with E-state index in [4.69, 9.17) is 4.74 Å². The molecule has 1 saturated heterocycles. The summed E-state index contributed by atoms with van der Waals surface area (Å²) in [4.78, 5) is 1.42. The molecule has 1 N–H and O–H groups in total. The number of thiophene rings is 1. The Labute approximate surface area is 89.3 Å². The van der Waals surface area contributed by atoms with E-state index in [1.54, 1.807) is 0 Å². The van der Waals surface area contributed by atoms with Crippen molar-refractivity contribution in [2.45, 2.75) is 25.3 Å². The molecule has 0 unspecified atom stereocenters. The second kappa shape index (κ2) is 5.49. The summed E-state index contributed by atoms with van der Waals surface area (Å²) in [5.74, 6) is 0. The Bertz CT molecular complexity index is 242. The molecular weight excluding hydrogens is 194 g/mol. The average Bonchev–Trinajstić information content (AvgIpc) is 2.86. The number of rotatable bonds is 5. The first kappa shape index (κ1) is 10.1. The molecule has 0 aromatic carbocycles. The molecular formula is C11H17NOS. The molecule has 1 aliphatic heterocycles. The van der Waals surface area contributed by atoms with Crippen LogP contribution in [0.4, 0.5) is 0 Å². The maximum atomic E-state index is 5.64. The van der Waals surface area contributed by atoms with E-state index < -0.39 is 0 Å². The quantitative estimate of drug-likeness (QED) is 0.753. The molecule has 0 aliphatic carbocycles. The second-order valence-electron chi connectivity index (χ2n) is 3.70. The van der Waals surface area contributed by atoms with Gasteiger partial charge in [-0.15, -0.1) is 11.3 Å². The highest BCUT2D eigenvalue weighted by atomic mass is 32.1. The summed E-state index contributed by atoms with van der Waals surface area (Å²) < 4.78 is 5.64. The average molecular weight is 211 g/mol. The summed E-state index contributed by atoms with van der Waals surface area (Å²) in [7, 11) is 0. The molecule has 0 amide bonds. The Balaban J connectivity index is 1.55. The van der Waals surface area contributed by atoms with Crippen LogP contribution in [-0.4, -0.2) is 25.8 Å². The summed E-state index contributed by atoms with van der Waals surface area (Å²) in [6.45, 7) is 2.91.